The molecule has 0 bridgehead atoms. The number of carbonyl (C=O) groups excluding carboxylic acids is 2. The van der Waals surface area contributed by atoms with E-state index in [0.717, 1.165) is 10.4 Å². The van der Waals surface area contributed by atoms with Crippen LogP contribution in [0.25, 0.3) is 5.76 Å². The van der Waals surface area contributed by atoms with Crippen LogP contribution in [0, 0.1) is 6.92 Å². The summed E-state index contributed by atoms with van der Waals surface area (Å²) in [6, 6.07) is 6.24. The van der Waals surface area contributed by atoms with Crippen LogP contribution in [-0.4, -0.2) is 68.0 Å². The van der Waals surface area contributed by atoms with Crippen molar-refractivity contribution in [2.75, 3.05) is 41.4 Å². The van der Waals surface area contributed by atoms with Crippen LogP contribution in [0.15, 0.2) is 35.2 Å². The molecule has 2 aromatic rings. The monoisotopic (exact) mass is 430 g/mol. The van der Waals surface area contributed by atoms with Gasteiger partial charge in [-0.1, -0.05) is 0 Å². The fourth-order valence-electron chi connectivity index (χ4n) is 3.50. The van der Waals surface area contributed by atoms with Crippen LogP contribution in [0.5, 0.6) is 11.5 Å². The molecule has 1 aliphatic rings. The zero-order valence-electron chi connectivity index (χ0n) is 17.8. The lowest BCUT2D eigenvalue weighted by Crippen LogP contribution is -2.35. The molecular weight excluding hydrogens is 404 g/mol. The second-order valence-electron chi connectivity index (χ2n) is 7.33. The highest BCUT2D eigenvalue weighted by Crippen LogP contribution is 2.43. The van der Waals surface area contributed by atoms with Gasteiger partial charge in [-0.15, -0.1) is 11.3 Å². The molecule has 1 N–H and O–H groups in total. The summed E-state index contributed by atoms with van der Waals surface area (Å²) in [5.41, 5.74) is 1.34. The molecule has 0 saturated carbocycles. The van der Waals surface area contributed by atoms with Gasteiger partial charge in [0.25, 0.3) is 11.7 Å². The van der Waals surface area contributed by atoms with E-state index in [1.165, 1.54) is 25.6 Å². The molecule has 1 atom stereocenters. The number of hydrogen-bond donors (Lipinski definition) is 1. The van der Waals surface area contributed by atoms with Gasteiger partial charge in [0.15, 0.2) is 0 Å². The van der Waals surface area contributed by atoms with E-state index < -0.39 is 17.7 Å². The zero-order chi connectivity index (χ0) is 22.0. The smallest absolute Gasteiger partial charge is 0.295 e. The first-order valence-corrected chi connectivity index (χ1v) is 10.4. The summed E-state index contributed by atoms with van der Waals surface area (Å²) < 4.78 is 10.6. The molecule has 1 aromatic carbocycles. The van der Waals surface area contributed by atoms with Crippen LogP contribution in [-0.2, 0) is 9.59 Å². The minimum absolute atomic E-state index is 0.0656. The Morgan fingerprint density at radius 2 is 1.93 bits per heavy atom. The number of carbonyl (C=O) groups is 2. The van der Waals surface area contributed by atoms with Crippen molar-refractivity contribution in [3.8, 4) is 11.5 Å². The summed E-state index contributed by atoms with van der Waals surface area (Å²) >= 11 is 1.46. The van der Waals surface area contributed by atoms with Crippen molar-refractivity contribution >= 4 is 28.8 Å². The number of likely N-dealkylation sites (tertiary alicyclic amines) is 1. The highest BCUT2D eigenvalue weighted by Gasteiger charge is 2.47. The molecule has 1 unspecified atom stereocenters. The molecule has 0 aliphatic carbocycles. The van der Waals surface area contributed by atoms with Gasteiger partial charge in [-0.3, -0.25) is 9.59 Å². The van der Waals surface area contributed by atoms with Gasteiger partial charge >= 0.3 is 0 Å². The lowest BCUT2D eigenvalue weighted by molar-refractivity contribution is -0.140. The lowest BCUT2D eigenvalue weighted by Gasteiger charge is -2.26. The highest BCUT2D eigenvalue weighted by atomic mass is 32.1. The number of ether oxygens (including phenoxy) is 2. The number of aryl methyl sites for hydroxylation is 1. The first-order valence-electron chi connectivity index (χ1n) is 9.49. The van der Waals surface area contributed by atoms with E-state index in [1.54, 1.807) is 23.1 Å². The maximum Gasteiger partial charge on any atom is 0.295 e. The van der Waals surface area contributed by atoms with E-state index in [4.69, 9.17) is 9.47 Å². The molecule has 0 radical (unpaired) electrons. The van der Waals surface area contributed by atoms with Gasteiger partial charge in [-0.2, -0.15) is 0 Å². The second kappa shape index (κ2) is 8.89. The van der Waals surface area contributed by atoms with Crippen molar-refractivity contribution in [1.29, 1.82) is 0 Å². The fourth-order valence-corrected chi connectivity index (χ4v) is 4.55. The maximum atomic E-state index is 13.1. The van der Waals surface area contributed by atoms with Crippen molar-refractivity contribution in [1.82, 2.24) is 9.80 Å². The molecule has 2 heterocycles. The third-order valence-corrected chi connectivity index (χ3v) is 6.21. The number of hydrogen-bond acceptors (Lipinski definition) is 7. The molecule has 0 spiro atoms. The molecule has 160 valence electrons. The molecule has 30 heavy (non-hydrogen) atoms. The van der Waals surface area contributed by atoms with E-state index in [-0.39, 0.29) is 11.3 Å². The Morgan fingerprint density at radius 1 is 1.20 bits per heavy atom. The van der Waals surface area contributed by atoms with Gasteiger partial charge in [-0.05, 0) is 56.2 Å². The molecule has 1 aliphatic heterocycles. The number of amides is 1. The molecule has 1 amide bonds. The van der Waals surface area contributed by atoms with E-state index in [9.17, 15) is 14.7 Å². The quantitative estimate of drug-likeness (QED) is 0.413. The van der Waals surface area contributed by atoms with Gasteiger partial charge < -0.3 is 24.4 Å². The lowest BCUT2D eigenvalue weighted by atomic mass is 9.98. The number of aliphatic hydroxyl groups is 1. The van der Waals surface area contributed by atoms with Gasteiger partial charge in [0, 0.05) is 18.0 Å². The summed E-state index contributed by atoms with van der Waals surface area (Å²) in [6.07, 6.45) is 0. The zero-order valence-corrected chi connectivity index (χ0v) is 18.6. The fraction of sp³-hybridized carbons (Fsp3) is 0.364. The van der Waals surface area contributed by atoms with Gasteiger partial charge in [0.2, 0.25) is 0 Å². The molecule has 8 heteroatoms. The SMILES string of the molecule is COc1ccc(OC)c(/C(O)=C2\C(=O)C(=O)N(CCN(C)C)C2c2sccc2C)c1. The van der Waals surface area contributed by atoms with Crippen molar-refractivity contribution in [2.24, 2.45) is 0 Å². The van der Waals surface area contributed by atoms with Crippen molar-refractivity contribution in [3.05, 3.63) is 51.2 Å². The largest absolute Gasteiger partial charge is 0.507 e. The Morgan fingerprint density at radius 3 is 2.50 bits per heavy atom. The van der Waals surface area contributed by atoms with Gasteiger partial charge in [0.05, 0.1) is 31.4 Å². The minimum Gasteiger partial charge on any atom is -0.507 e. The summed E-state index contributed by atoms with van der Waals surface area (Å²) in [5.74, 6) is -0.696. The molecule has 7 nitrogen and oxygen atoms in total. The van der Waals surface area contributed by atoms with Crippen LogP contribution >= 0.6 is 11.3 Å². The van der Waals surface area contributed by atoms with Crippen molar-refractivity contribution < 1.29 is 24.2 Å². The Labute approximate surface area is 180 Å². The Hall–Kier alpha value is -2.84. The van der Waals surface area contributed by atoms with Crippen LogP contribution in [0.1, 0.15) is 22.0 Å². The molecule has 1 aromatic heterocycles. The summed E-state index contributed by atoms with van der Waals surface area (Å²) in [5, 5.41) is 13.2. The third kappa shape index (κ3) is 3.93. The first-order chi connectivity index (χ1) is 14.3. The Balaban J connectivity index is 2.21. The highest BCUT2D eigenvalue weighted by molar-refractivity contribution is 7.10. The number of aliphatic hydroxyl groups excluding tert-OH is 1. The number of benzene rings is 1. The number of likely N-dealkylation sites (N-methyl/N-ethyl adjacent to an activating group) is 1. The average Bonchev–Trinajstić information content (AvgIpc) is 3.26. The minimum atomic E-state index is -0.700. The maximum absolute atomic E-state index is 13.1. The normalized spacial score (nSPS) is 18.3. The van der Waals surface area contributed by atoms with Crippen LogP contribution in [0.3, 0.4) is 0 Å². The van der Waals surface area contributed by atoms with E-state index in [0.29, 0.717) is 30.2 Å². The predicted octanol–water partition coefficient (Wildman–Crippen LogP) is 3.06. The standard InChI is InChI=1S/C22H26N2O5S/c1-13-8-11-30-21(13)18-17(20(26)22(27)24(18)10-9-23(2)3)19(25)15-12-14(28-4)6-7-16(15)29-5/h6-8,11-12,18,25H,9-10H2,1-5H3/b19-17+. The van der Waals surface area contributed by atoms with E-state index in [1.807, 2.05) is 37.4 Å². The molecule has 3 rings (SSSR count). The second-order valence-corrected chi connectivity index (χ2v) is 8.28. The van der Waals surface area contributed by atoms with E-state index >= 15 is 0 Å². The van der Waals surface area contributed by atoms with Gasteiger partial charge in [-0.25, -0.2) is 0 Å². The number of ketones is 1. The van der Waals surface area contributed by atoms with Gasteiger partial charge in [0.1, 0.15) is 17.3 Å². The third-order valence-electron chi connectivity index (χ3n) is 5.14. The molecular formula is C22H26N2O5S. The number of thiophene rings is 1. The van der Waals surface area contributed by atoms with Crippen molar-refractivity contribution in [2.45, 2.75) is 13.0 Å². The number of methoxy groups -OCH3 is 2. The molecule has 1 fully saturated rings. The summed E-state index contributed by atoms with van der Waals surface area (Å²) in [7, 11) is 6.81. The first kappa shape index (κ1) is 21.9. The van der Waals surface area contributed by atoms with Crippen LogP contribution < -0.4 is 9.47 Å². The number of Topliss-reactive ketones (excluding diaryl/α,β-unsaturated/α-hetero) is 1. The topological polar surface area (TPSA) is 79.3 Å². The summed E-state index contributed by atoms with van der Waals surface area (Å²) in [6.45, 7) is 2.89. The van der Waals surface area contributed by atoms with E-state index in [2.05, 4.69) is 0 Å². The number of nitrogens with zero attached hydrogens (tertiary/aromatic N) is 2. The number of rotatable bonds is 7. The summed E-state index contributed by atoms with van der Waals surface area (Å²) in [4.78, 5) is 30.3. The van der Waals surface area contributed by atoms with Crippen molar-refractivity contribution in [3.63, 3.8) is 0 Å². The van der Waals surface area contributed by atoms with Crippen LogP contribution in [0.4, 0.5) is 0 Å². The predicted molar refractivity (Wildman–Crippen MR) is 116 cm³/mol. The molecule has 1 saturated heterocycles. The van der Waals surface area contributed by atoms with Crippen LogP contribution in [0.2, 0.25) is 0 Å². The Bertz CT molecular complexity index is 995. The Kier molecular flexibility index (Phi) is 6.48. The average molecular weight is 431 g/mol.